The largest absolute Gasteiger partial charge is 0.402 e. The Morgan fingerprint density at radius 1 is 1.24 bits per heavy atom. The summed E-state index contributed by atoms with van der Waals surface area (Å²) in [6.07, 6.45) is -3.77. The van der Waals surface area contributed by atoms with Crippen molar-refractivity contribution in [3.63, 3.8) is 0 Å². The first-order valence-electron chi connectivity index (χ1n) is 7.75. The molecule has 2 heterocycles. The maximum Gasteiger partial charge on any atom is 0.402 e. The molecule has 1 unspecified atom stereocenters. The Labute approximate surface area is 147 Å². The van der Waals surface area contributed by atoms with Gasteiger partial charge in [-0.1, -0.05) is 11.6 Å². The van der Waals surface area contributed by atoms with Gasteiger partial charge in [0, 0.05) is 35.7 Å². The standard InChI is InChI=1S/C17H16ClF3N2O2/c1-2-25-8-6-16(17(19,20)21)11-5-7-22-15(24)14(11)23-13-4-3-10(18)9-12(13)16/h3-5,7,9,23H,2,6,8H2,1H3,(H,22,24). The van der Waals surface area contributed by atoms with Crippen molar-refractivity contribution >= 4 is 23.0 Å². The number of halogens is 4. The summed E-state index contributed by atoms with van der Waals surface area (Å²) in [6, 6.07) is 5.52. The van der Waals surface area contributed by atoms with Crippen LogP contribution in [0.2, 0.25) is 5.02 Å². The van der Waals surface area contributed by atoms with Crippen LogP contribution in [0.25, 0.3) is 0 Å². The molecule has 2 aromatic rings. The van der Waals surface area contributed by atoms with Crippen molar-refractivity contribution < 1.29 is 17.9 Å². The van der Waals surface area contributed by atoms with Gasteiger partial charge in [-0.2, -0.15) is 13.2 Å². The van der Waals surface area contributed by atoms with E-state index in [2.05, 4.69) is 10.3 Å². The highest BCUT2D eigenvalue weighted by Gasteiger charge is 2.60. The van der Waals surface area contributed by atoms with Gasteiger partial charge in [-0.3, -0.25) is 4.79 Å². The molecule has 0 aliphatic carbocycles. The van der Waals surface area contributed by atoms with Gasteiger partial charge >= 0.3 is 6.18 Å². The van der Waals surface area contributed by atoms with Crippen molar-refractivity contribution in [1.29, 1.82) is 0 Å². The van der Waals surface area contributed by atoms with E-state index in [1.54, 1.807) is 6.92 Å². The minimum absolute atomic E-state index is 0.00898. The van der Waals surface area contributed by atoms with Crippen molar-refractivity contribution in [2.24, 2.45) is 0 Å². The molecule has 4 nitrogen and oxygen atoms in total. The second-order valence-corrected chi connectivity index (χ2v) is 6.20. The van der Waals surface area contributed by atoms with Crippen molar-refractivity contribution in [2.45, 2.75) is 24.9 Å². The Morgan fingerprint density at radius 2 is 2.00 bits per heavy atom. The Kier molecular flexibility index (Phi) is 4.55. The Hall–Kier alpha value is -1.99. The number of fused-ring (bicyclic) bond motifs is 2. The molecule has 0 saturated carbocycles. The van der Waals surface area contributed by atoms with Gasteiger partial charge in [-0.15, -0.1) is 0 Å². The number of H-pyrrole nitrogens is 1. The summed E-state index contributed by atoms with van der Waals surface area (Å²) in [5, 5.41) is 3.00. The molecule has 0 amide bonds. The van der Waals surface area contributed by atoms with E-state index in [-0.39, 0.29) is 40.6 Å². The average Bonchev–Trinajstić information content (AvgIpc) is 2.54. The van der Waals surface area contributed by atoms with Crippen LogP contribution < -0.4 is 10.9 Å². The number of rotatable bonds is 4. The fourth-order valence-electron chi connectivity index (χ4n) is 3.30. The van der Waals surface area contributed by atoms with Gasteiger partial charge in [0.2, 0.25) is 0 Å². The minimum atomic E-state index is -4.64. The van der Waals surface area contributed by atoms with E-state index < -0.39 is 17.2 Å². The predicted molar refractivity (Wildman–Crippen MR) is 89.7 cm³/mol. The quantitative estimate of drug-likeness (QED) is 0.784. The number of nitrogens with one attached hydrogen (secondary N) is 2. The zero-order chi connectivity index (χ0) is 18.2. The maximum absolute atomic E-state index is 14.4. The van der Waals surface area contributed by atoms with Crippen LogP contribution in [0, 0.1) is 0 Å². The first-order valence-corrected chi connectivity index (χ1v) is 8.12. The number of pyridine rings is 1. The van der Waals surface area contributed by atoms with Crippen LogP contribution in [0.15, 0.2) is 35.3 Å². The van der Waals surface area contributed by atoms with Gasteiger partial charge in [-0.05, 0) is 43.2 Å². The summed E-state index contributed by atoms with van der Waals surface area (Å²) < 4.78 is 48.4. The van der Waals surface area contributed by atoms with Crippen LogP contribution in [0.4, 0.5) is 24.5 Å². The second-order valence-electron chi connectivity index (χ2n) is 5.76. The lowest BCUT2D eigenvalue weighted by Crippen LogP contribution is -2.48. The highest BCUT2D eigenvalue weighted by Crippen LogP contribution is 2.55. The molecular weight excluding hydrogens is 357 g/mol. The molecule has 25 heavy (non-hydrogen) atoms. The SMILES string of the molecule is CCOCCC1(C(F)(F)F)c2cc(Cl)ccc2Nc2c1cc[nH]c2=O. The highest BCUT2D eigenvalue weighted by molar-refractivity contribution is 6.30. The van der Waals surface area contributed by atoms with Crippen LogP contribution in [0.1, 0.15) is 24.5 Å². The summed E-state index contributed by atoms with van der Waals surface area (Å²) in [4.78, 5) is 14.6. The maximum atomic E-state index is 14.4. The third kappa shape index (κ3) is 2.81. The van der Waals surface area contributed by atoms with E-state index in [1.165, 1.54) is 30.5 Å². The molecule has 134 valence electrons. The number of aromatic nitrogens is 1. The van der Waals surface area contributed by atoms with E-state index in [0.29, 0.717) is 6.61 Å². The summed E-state index contributed by atoms with van der Waals surface area (Å²) >= 11 is 5.98. The van der Waals surface area contributed by atoms with Gasteiger partial charge in [0.05, 0.1) is 0 Å². The normalized spacial score (nSPS) is 19.1. The summed E-state index contributed by atoms with van der Waals surface area (Å²) in [5.74, 6) is 0. The zero-order valence-corrected chi connectivity index (χ0v) is 14.1. The lowest BCUT2D eigenvalue weighted by Gasteiger charge is -2.42. The second kappa shape index (κ2) is 6.38. The van der Waals surface area contributed by atoms with Crippen LogP contribution in [-0.2, 0) is 10.2 Å². The minimum Gasteiger partial charge on any atom is -0.382 e. The Balaban J connectivity index is 2.33. The van der Waals surface area contributed by atoms with Gasteiger partial charge in [-0.25, -0.2) is 0 Å². The van der Waals surface area contributed by atoms with E-state index in [0.717, 1.165) is 0 Å². The number of benzene rings is 1. The summed E-state index contributed by atoms with van der Waals surface area (Å²) in [7, 11) is 0. The predicted octanol–water partition coefficient (Wildman–Crippen LogP) is 4.36. The molecule has 3 rings (SSSR count). The Morgan fingerprint density at radius 3 is 2.68 bits per heavy atom. The third-order valence-electron chi connectivity index (χ3n) is 4.43. The molecule has 0 spiro atoms. The molecule has 1 aliphatic rings. The molecule has 0 radical (unpaired) electrons. The molecule has 0 fully saturated rings. The monoisotopic (exact) mass is 372 g/mol. The van der Waals surface area contributed by atoms with Crippen molar-refractivity contribution in [3.05, 3.63) is 57.0 Å². The topological polar surface area (TPSA) is 54.1 Å². The number of hydrogen-bond donors (Lipinski definition) is 2. The smallest absolute Gasteiger partial charge is 0.382 e. The lowest BCUT2D eigenvalue weighted by atomic mass is 9.68. The van der Waals surface area contributed by atoms with E-state index in [1.807, 2.05) is 0 Å². The molecule has 1 aromatic carbocycles. The highest BCUT2D eigenvalue weighted by atomic mass is 35.5. The van der Waals surface area contributed by atoms with Crippen LogP contribution in [0.5, 0.6) is 0 Å². The van der Waals surface area contributed by atoms with Crippen LogP contribution in [0.3, 0.4) is 0 Å². The molecule has 1 aliphatic heterocycles. The fourth-order valence-corrected chi connectivity index (χ4v) is 3.47. The number of aromatic amines is 1. The van der Waals surface area contributed by atoms with E-state index >= 15 is 0 Å². The van der Waals surface area contributed by atoms with Gasteiger partial charge in [0.1, 0.15) is 11.1 Å². The van der Waals surface area contributed by atoms with Gasteiger partial charge < -0.3 is 15.0 Å². The summed E-state index contributed by atoms with van der Waals surface area (Å²) in [6.45, 7) is 1.91. The molecule has 1 aromatic heterocycles. The number of anilines is 2. The third-order valence-corrected chi connectivity index (χ3v) is 4.67. The van der Waals surface area contributed by atoms with Gasteiger partial charge in [0.15, 0.2) is 0 Å². The lowest BCUT2D eigenvalue weighted by molar-refractivity contribution is -0.183. The number of hydrogen-bond acceptors (Lipinski definition) is 3. The van der Waals surface area contributed by atoms with Crippen LogP contribution in [-0.4, -0.2) is 24.4 Å². The molecule has 8 heteroatoms. The average molecular weight is 373 g/mol. The number of alkyl halides is 3. The molecular formula is C17H16ClF3N2O2. The Bertz CT molecular complexity index is 851. The summed E-state index contributed by atoms with van der Waals surface area (Å²) in [5.41, 5.74) is -3.02. The molecule has 1 atom stereocenters. The molecule has 0 bridgehead atoms. The van der Waals surface area contributed by atoms with E-state index in [4.69, 9.17) is 16.3 Å². The van der Waals surface area contributed by atoms with Crippen LogP contribution >= 0.6 is 11.6 Å². The molecule has 0 saturated heterocycles. The first-order chi connectivity index (χ1) is 11.8. The van der Waals surface area contributed by atoms with Crippen molar-refractivity contribution in [2.75, 3.05) is 18.5 Å². The fraction of sp³-hybridized carbons (Fsp3) is 0.353. The van der Waals surface area contributed by atoms with Gasteiger partial charge in [0.25, 0.3) is 5.56 Å². The van der Waals surface area contributed by atoms with Crippen molar-refractivity contribution in [1.82, 2.24) is 4.98 Å². The van der Waals surface area contributed by atoms with Crippen molar-refractivity contribution in [3.8, 4) is 0 Å². The molecule has 2 N–H and O–H groups in total. The zero-order valence-electron chi connectivity index (χ0n) is 13.3. The first kappa shape index (κ1) is 17.8. The van der Waals surface area contributed by atoms with E-state index in [9.17, 15) is 18.0 Å². The number of ether oxygens (including phenoxy) is 1.